The molecule has 0 aliphatic heterocycles. The van der Waals surface area contributed by atoms with Crippen molar-refractivity contribution in [2.45, 2.75) is 52.2 Å². The highest BCUT2D eigenvalue weighted by molar-refractivity contribution is 5.80. The summed E-state index contributed by atoms with van der Waals surface area (Å²) < 4.78 is 11.4. The lowest BCUT2D eigenvalue weighted by molar-refractivity contribution is -0.137. The first-order chi connectivity index (χ1) is 14.5. The molecular weight excluding hydrogens is 378 g/mol. The normalized spacial score (nSPS) is 14.1. The maximum atomic E-state index is 12.9. The van der Waals surface area contributed by atoms with Crippen molar-refractivity contribution >= 4 is 5.91 Å². The van der Waals surface area contributed by atoms with Crippen LogP contribution in [0.4, 0.5) is 0 Å². The van der Waals surface area contributed by atoms with E-state index in [2.05, 4.69) is 16.2 Å². The lowest BCUT2D eigenvalue weighted by atomic mass is 9.91. The summed E-state index contributed by atoms with van der Waals surface area (Å²) in [5, 5.41) is 4.07. The predicted molar refractivity (Wildman–Crippen MR) is 114 cm³/mol. The van der Waals surface area contributed by atoms with E-state index in [1.165, 1.54) is 17.5 Å². The van der Waals surface area contributed by atoms with Gasteiger partial charge in [-0.1, -0.05) is 41.6 Å². The zero-order chi connectivity index (χ0) is 21.1. The van der Waals surface area contributed by atoms with Crippen molar-refractivity contribution in [2.75, 3.05) is 7.05 Å². The van der Waals surface area contributed by atoms with Gasteiger partial charge < -0.3 is 14.2 Å². The molecule has 0 saturated carbocycles. The number of aromatic nitrogens is 2. The Hall–Kier alpha value is -3.15. The summed E-state index contributed by atoms with van der Waals surface area (Å²) >= 11 is 0. The number of amides is 1. The number of carbonyl (C=O) groups is 1. The number of ether oxygens (including phenoxy) is 1. The number of aryl methyl sites for hydroxylation is 2. The molecule has 1 aliphatic rings. The standard InChI is InChI=1S/C24H27N3O3/c1-16-9-4-6-12-19(16)23-25-22(30-26-23)15-27(3)24(28)17(2)29-21-14-8-11-18-10-5-7-13-20(18)21/h4,6,8-9,11-12,14,17H,5,7,10,13,15H2,1-3H3. The van der Waals surface area contributed by atoms with E-state index in [1.807, 2.05) is 43.3 Å². The summed E-state index contributed by atoms with van der Waals surface area (Å²) in [6, 6.07) is 14.0. The van der Waals surface area contributed by atoms with Crippen LogP contribution in [0.3, 0.4) is 0 Å². The van der Waals surface area contributed by atoms with Gasteiger partial charge in [-0.25, -0.2) is 0 Å². The van der Waals surface area contributed by atoms with Crippen LogP contribution >= 0.6 is 0 Å². The SMILES string of the molecule is Cc1ccccc1-c1noc(CN(C)C(=O)C(C)Oc2cccc3c2CCCC3)n1. The van der Waals surface area contributed by atoms with Gasteiger partial charge in [0.2, 0.25) is 11.7 Å². The molecule has 0 radical (unpaired) electrons. The Morgan fingerprint density at radius 3 is 2.80 bits per heavy atom. The fraction of sp³-hybridized carbons (Fsp3) is 0.375. The molecule has 1 aromatic heterocycles. The highest BCUT2D eigenvalue weighted by atomic mass is 16.5. The van der Waals surface area contributed by atoms with E-state index in [9.17, 15) is 4.79 Å². The zero-order valence-corrected chi connectivity index (χ0v) is 17.7. The van der Waals surface area contributed by atoms with Gasteiger partial charge in [0.25, 0.3) is 5.91 Å². The van der Waals surface area contributed by atoms with Crippen LogP contribution in [0.1, 0.15) is 42.3 Å². The zero-order valence-electron chi connectivity index (χ0n) is 17.7. The molecule has 6 heteroatoms. The largest absolute Gasteiger partial charge is 0.481 e. The average molecular weight is 405 g/mol. The van der Waals surface area contributed by atoms with Gasteiger partial charge in [-0.05, 0) is 62.3 Å². The molecule has 0 bridgehead atoms. The lowest BCUT2D eigenvalue weighted by Crippen LogP contribution is -2.37. The number of hydrogen-bond donors (Lipinski definition) is 0. The molecule has 1 atom stereocenters. The van der Waals surface area contributed by atoms with Gasteiger partial charge in [-0.15, -0.1) is 0 Å². The number of benzene rings is 2. The smallest absolute Gasteiger partial charge is 0.263 e. The molecule has 6 nitrogen and oxygen atoms in total. The Kier molecular flexibility index (Phi) is 5.84. The minimum Gasteiger partial charge on any atom is -0.481 e. The summed E-state index contributed by atoms with van der Waals surface area (Å²) in [6.45, 7) is 4.02. The van der Waals surface area contributed by atoms with Crippen LogP contribution in [-0.2, 0) is 24.2 Å². The molecule has 1 aliphatic carbocycles. The molecule has 0 N–H and O–H groups in total. The second-order valence-electron chi connectivity index (χ2n) is 7.88. The third-order valence-corrected chi connectivity index (χ3v) is 5.61. The van der Waals surface area contributed by atoms with Gasteiger partial charge in [0, 0.05) is 12.6 Å². The quantitative estimate of drug-likeness (QED) is 0.610. The van der Waals surface area contributed by atoms with Gasteiger partial charge in [0.1, 0.15) is 5.75 Å². The van der Waals surface area contributed by atoms with Crippen LogP contribution < -0.4 is 4.74 Å². The van der Waals surface area contributed by atoms with E-state index >= 15 is 0 Å². The van der Waals surface area contributed by atoms with Gasteiger partial charge >= 0.3 is 0 Å². The highest BCUT2D eigenvalue weighted by Gasteiger charge is 2.23. The third kappa shape index (κ3) is 4.22. The molecule has 0 fully saturated rings. The molecule has 1 amide bonds. The van der Waals surface area contributed by atoms with Crippen molar-refractivity contribution in [2.24, 2.45) is 0 Å². The van der Waals surface area contributed by atoms with E-state index in [0.29, 0.717) is 11.7 Å². The molecule has 4 rings (SSSR count). The van der Waals surface area contributed by atoms with Gasteiger partial charge in [-0.2, -0.15) is 4.98 Å². The van der Waals surface area contributed by atoms with Crippen LogP contribution in [0.2, 0.25) is 0 Å². The summed E-state index contributed by atoms with van der Waals surface area (Å²) in [7, 11) is 1.72. The summed E-state index contributed by atoms with van der Waals surface area (Å²) in [5.41, 5.74) is 4.57. The molecule has 1 heterocycles. The van der Waals surface area contributed by atoms with Crippen molar-refractivity contribution in [3.8, 4) is 17.1 Å². The van der Waals surface area contributed by atoms with Gasteiger partial charge in [-0.3, -0.25) is 4.79 Å². The number of rotatable bonds is 6. The molecule has 3 aromatic rings. The second-order valence-corrected chi connectivity index (χ2v) is 7.88. The Labute approximate surface area is 176 Å². The number of nitrogens with zero attached hydrogens (tertiary/aromatic N) is 3. The Balaban J connectivity index is 1.41. The number of likely N-dealkylation sites (N-methyl/N-ethyl adjacent to an activating group) is 1. The van der Waals surface area contributed by atoms with E-state index in [0.717, 1.165) is 36.1 Å². The number of hydrogen-bond acceptors (Lipinski definition) is 5. The number of carbonyl (C=O) groups excluding carboxylic acids is 1. The molecule has 30 heavy (non-hydrogen) atoms. The van der Waals surface area contributed by atoms with E-state index < -0.39 is 6.10 Å². The molecule has 0 saturated heterocycles. The van der Waals surface area contributed by atoms with E-state index in [-0.39, 0.29) is 12.5 Å². The third-order valence-electron chi connectivity index (χ3n) is 5.61. The lowest BCUT2D eigenvalue weighted by Gasteiger charge is -2.24. The van der Waals surface area contributed by atoms with Crippen LogP contribution in [0.15, 0.2) is 47.0 Å². The van der Waals surface area contributed by atoms with Crippen LogP contribution in [0, 0.1) is 6.92 Å². The summed E-state index contributed by atoms with van der Waals surface area (Å²) in [6.07, 6.45) is 3.86. The fourth-order valence-electron chi connectivity index (χ4n) is 3.94. The van der Waals surface area contributed by atoms with E-state index in [1.54, 1.807) is 18.9 Å². The van der Waals surface area contributed by atoms with Crippen molar-refractivity contribution in [3.63, 3.8) is 0 Å². The van der Waals surface area contributed by atoms with Crippen LogP contribution in [0.25, 0.3) is 11.4 Å². The molecule has 156 valence electrons. The Morgan fingerprint density at radius 2 is 1.97 bits per heavy atom. The fourth-order valence-corrected chi connectivity index (χ4v) is 3.94. The maximum Gasteiger partial charge on any atom is 0.263 e. The van der Waals surface area contributed by atoms with E-state index in [4.69, 9.17) is 9.26 Å². The number of fused-ring (bicyclic) bond motifs is 1. The topological polar surface area (TPSA) is 68.5 Å². The minimum atomic E-state index is -0.595. The molecular formula is C24H27N3O3. The minimum absolute atomic E-state index is 0.126. The predicted octanol–water partition coefficient (Wildman–Crippen LogP) is 4.35. The van der Waals surface area contributed by atoms with Crippen molar-refractivity contribution < 1.29 is 14.1 Å². The first-order valence-corrected chi connectivity index (χ1v) is 10.4. The van der Waals surface area contributed by atoms with Crippen LogP contribution in [-0.4, -0.2) is 34.1 Å². The second kappa shape index (κ2) is 8.69. The summed E-state index contributed by atoms with van der Waals surface area (Å²) in [5.74, 6) is 1.62. The van der Waals surface area contributed by atoms with Crippen molar-refractivity contribution in [3.05, 3.63) is 65.0 Å². The highest BCUT2D eigenvalue weighted by Crippen LogP contribution is 2.30. The average Bonchev–Trinajstić information content (AvgIpc) is 3.22. The Morgan fingerprint density at radius 1 is 1.17 bits per heavy atom. The molecule has 2 aromatic carbocycles. The Bertz CT molecular complexity index is 1040. The molecule has 0 spiro atoms. The van der Waals surface area contributed by atoms with Crippen molar-refractivity contribution in [1.82, 2.24) is 15.0 Å². The van der Waals surface area contributed by atoms with Gasteiger partial charge in [0.15, 0.2) is 6.10 Å². The maximum absolute atomic E-state index is 12.9. The van der Waals surface area contributed by atoms with Crippen molar-refractivity contribution in [1.29, 1.82) is 0 Å². The van der Waals surface area contributed by atoms with Gasteiger partial charge in [0.05, 0.1) is 6.54 Å². The molecule has 1 unspecified atom stereocenters. The first-order valence-electron chi connectivity index (χ1n) is 10.4. The monoisotopic (exact) mass is 405 g/mol. The summed E-state index contributed by atoms with van der Waals surface area (Å²) in [4.78, 5) is 18.9. The van der Waals surface area contributed by atoms with Crippen LogP contribution in [0.5, 0.6) is 5.75 Å². The first kappa shape index (κ1) is 20.1.